The number of aliphatic hydroxyl groups excluding tert-OH is 1. The minimum atomic E-state index is -0.467. The van der Waals surface area contributed by atoms with Gasteiger partial charge in [-0.15, -0.1) is 11.3 Å². The number of halogens is 1. The van der Waals surface area contributed by atoms with Crippen molar-refractivity contribution < 1.29 is 5.11 Å². The van der Waals surface area contributed by atoms with Crippen LogP contribution in [0.25, 0.3) is 0 Å². The second-order valence-electron chi connectivity index (χ2n) is 3.95. The highest BCUT2D eigenvalue weighted by Crippen LogP contribution is 2.31. The van der Waals surface area contributed by atoms with Gasteiger partial charge >= 0.3 is 0 Å². The SMILES string of the molecule is CCn1nc(C)cc1CC(O)c1sccc1Br. The summed E-state index contributed by atoms with van der Waals surface area (Å²) in [4.78, 5) is 0.978. The van der Waals surface area contributed by atoms with Crippen molar-refractivity contribution in [2.75, 3.05) is 0 Å². The second kappa shape index (κ2) is 5.33. The molecule has 0 aliphatic heterocycles. The Bertz CT molecular complexity index is 506. The number of hydrogen-bond donors (Lipinski definition) is 1. The van der Waals surface area contributed by atoms with Crippen LogP contribution in [-0.2, 0) is 13.0 Å². The molecule has 2 heterocycles. The summed E-state index contributed by atoms with van der Waals surface area (Å²) in [6.07, 6.45) is 0.138. The van der Waals surface area contributed by atoms with Gasteiger partial charge in [0.15, 0.2) is 0 Å². The van der Waals surface area contributed by atoms with E-state index in [1.54, 1.807) is 11.3 Å². The molecule has 0 bridgehead atoms. The quantitative estimate of drug-likeness (QED) is 0.940. The smallest absolute Gasteiger partial charge is 0.0948 e. The van der Waals surface area contributed by atoms with E-state index in [1.807, 2.05) is 29.1 Å². The van der Waals surface area contributed by atoms with Crippen molar-refractivity contribution in [2.24, 2.45) is 0 Å². The van der Waals surface area contributed by atoms with Crippen molar-refractivity contribution in [3.8, 4) is 0 Å². The van der Waals surface area contributed by atoms with Gasteiger partial charge in [-0.1, -0.05) is 0 Å². The number of rotatable bonds is 4. The summed E-state index contributed by atoms with van der Waals surface area (Å²) in [5.41, 5.74) is 2.08. The molecule has 1 N–H and O–H groups in total. The number of aromatic nitrogens is 2. The third-order valence-corrected chi connectivity index (χ3v) is 4.61. The molecule has 0 amide bonds. The first kappa shape index (κ1) is 12.8. The van der Waals surface area contributed by atoms with Crippen molar-refractivity contribution in [1.82, 2.24) is 9.78 Å². The lowest BCUT2D eigenvalue weighted by atomic mass is 10.1. The topological polar surface area (TPSA) is 38.0 Å². The highest BCUT2D eigenvalue weighted by atomic mass is 79.9. The van der Waals surface area contributed by atoms with Crippen LogP contribution in [0.15, 0.2) is 22.0 Å². The van der Waals surface area contributed by atoms with Gasteiger partial charge in [0.05, 0.1) is 11.8 Å². The fourth-order valence-electron chi connectivity index (χ4n) is 1.87. The molecule has 0 aliphatic carbocycles. The zero-order valence-electron chi connectivity index (χ0n) is 9.85. The molecule has 2 aromatic heterocycles. The maximum Gasteiger partial charge on any atom is 0.0948 e. The van der Waals surface area contributed by atoms with Crippen molar-refractivity contribution in [1.29, 1.82) is 0 Å². The van der Waals surface area contributed by atoms with E-state index in [-0.39, 0.29) is 0 Å². The highest BCUT2D eigenvalue weighted by molar-refractivity contribution is 9.10. The van der Waals surface area contributed by atoms with Crippen molar-refractivity contribution in [2.45, 2.75) is 32.9 Å². The first-order chi connectivity index (χ1) is 8.11. The lowest BCUT2D eigenvalue weighted by molar-refractivity contribution is 0.178. The zero-order chi connectivity index (χ0) is 12.4. The Kier molecular flexibility index (Phi) is 4.01. The lowest BCUT2D eigenvalue weighted by Gasteiger charge is -2.10. The average molecular weight is 315 g/mol. The van der Waals surface area contributed by atoms with Crippen LogP contribution in [0.3, 0.4) is 0 Å². The number of nitrogens with zero attached hydrogens (tertiary/aromatic N) is 2. The number of aryl methyl sites for hydroxylation is 2. The molecule has 0 aliphatic rings. The molecule has 0 spiro atoms. The van der Waals surface area contributed by atoms with E-state index >= 15 is 0 Å². The average Bonchev–Trinajstić information content (AvgIpc) is 2.84. The molecular weight excluding hydrogens is 300 g/mol. The standard InChI is InChI=1S/C12H15BrN2OS/c1-3-15-9(6-8(2)14-15)7-11(16)12-10(13)4-5-17-12/h4-6,11,16H,3,7H2,1-2H3. The zero-order valence-corrected chi connectivity index (χ0v) is 12.3. The van der Waals surface area contributed by atoms with E-state index in [1.165, 1.54) is 0 Å². The molecule has 0 aromatic carbocycles. The summed E-state index contributed by atoms with van der Waals surface area (Å²) in [7, 11) is 0. The Morgan fingerprint density at radius 1 is 1.59 bits per heavy atom. The van der Waals surface area contributed by atoms with Crippen LogP contribution in [0.5, 0.6) is 0 Å². The molecule has 2 rings (SSSR count). The Hall–Kier alpha value is -0.650. The van der Waals surface area contributed by atoms with Gasteiger partial charge in [-0.3, -0.25) is 4.68 Å². The molecule has 1 atom stereocenters. The van der Waals surface area contributed by atoms with Gasteiger partial charge in [0.25, 0.3) is 0 Å². The fraction of sp³-hybridized carbons (Fsp3) is 0.417. The maximum absolute atomic E-state index is 10.2. The predicted molar refractivity (Wildman–Crippen MR) is 73.3 cm³/mol. The van der Waals surface area contributed by atoms with E-state index in [2.05, 4.69) is 28.0 Å². The molecule has 1 unspecified atom stereocenters. The molecule has 0 saturated carbocycles. The number of thiophene rings is 1. The van der Waals surface area contributed by atoms with Crippen LogP contribution in [0.4, 0.5) is 0 Å². The minimum Gasteiger partial charge on any atom is -0.387 e. The van der Waals surface area contributed by atoms with Crippen LogP contribution < -0.4 is 0 Å². The minimum absolute atomic E-state index is 0.467. The predicted octanol–water partition coefficient (Wildman–Crippen LogP) is 3.31. The van der Waals surface area contributed by atoms with E-state index in [0.717, 1.165) is 27.3 Å². The van der Waals surface area contributed by atoms with Gasteiger partial charge in [0.2, 0.25) is 0 Å². The summed E-state index contributed by atoms with van der Waals surface area (Å²) in [5.74, 6) is 0. The number of hydrogen-bond acceptors (Lipinski definition) is 3. The summed E-state index contributed by atoms with van der Waals surface area (Å²) in [5, 5.41) is 16.6. The summed E-state index contributed by atoms with van der Waals surface area (Å²) < 4.78 is 2.93. The Labute approximate surface area is 113 Å². The van der Waals surface area contributed by atoms with E-state index in [9.17, 15) is 5.11 Å². The van der Waals surface area contributed by atoms with Gasteiger partial charge in [-0.05, 0) is 47.3 Å². The first-order valence-electron chi connectivity index (χ1n) is 5.56. The van der Waals surface area contributed by atoms with Crippen molar-refractivity contribution >= 4 is 27.3 Å². The first-order valence-corrected chi connectivity index (χ1v) is 7.23. The molecule has 0 saturated heterocycles. The third kappa shape index (κ3) is 2.78. The van der Waals surface area contributed by atoms with Gasteiger partial charge in [-0.25, -0.2) is 0 Å². The largest absolute Gasteiger partial charge is 0.387 e. The molecular formula is C12H15BrN2OS. The van der Waals surface area contributed by atoms with Crippen molar-refractivity contribution in [3.05, 3.63) is 38.3 Å². The van der Waals surface area contributed by atoms with Crippen LogP contribution in [-0.4, -0.2) is 14.9 Å². The van der Waals surface area contributed by atoms with Crippen LogP contribution >= 0.6 is 27.3 Å². The van der Waals surface area contributed by atoms with E-state index in [4.69, 9.17) is 0 Å². The van der Waals surface area contributed by atoms with Gasteiger partial charge in [-0.2, -0.15) is 5.10 Å². The van der Waals surface area contributed by atoms with E-state index in [0.29, 0.717) is 6.42 Å². The van der Waals surface area contributed by atoms with Gasteiger partial charge in [0.1, 0.15) is 0 Å². The molecule has 92 valence electrons. The third-order valence-electron chi connectivity index (χ3n) is 2.63. The van der Waals surface area contributed by atoms with Crippen LogP contribution in [0.2, 0.25) is 0 Å². The normalized spacial score (nSPS) is 12.9. The Morgan fingerprint density at radius 2 is 2.35 bits per heavy atom. The maximum atomic E-state index is 10.2. The second-order valence-corrected chi connectivity index (χ2v) is 5.75. The lowest BCUT2D eigenvalue weighted by Crippen LogP contribution is -2.07. The van der Waals surface area contributed by atoms with Gasteiger partial charge < -0.3 is 5.11 Å². The monoisotopic (exact) mass is 314 g/mol. The van der Waals surface area contributed by atoms with Crippen LogP contribution in [0, 0.1) is 6.92 Å². The molecule has 0 radical (unpaired) electrons. The summed E-state index contributed by atoms with van der Waals surface area (Å²) in [6.45, 7) is 4.87. The molecule has 3 nitrogen and oxygen atoms in total. The Morgan fingerprint density at radius 3 is 2.94 bits per heavy atom. The molecule has 17 heavy (non-hydrogen) atoms. The molecule has 0 fully saturated rings. The van der Waals surface area contributed by atoms with Crippen LogP contribution in [0.1, 0.15) is 29.3 Å². The molecule has 2 aromatic rings. The Balaban J connectivity index is 2.18. The molecule has 5 heteroatoms. The van der Waals surface area contributed by atoms with Crippen molar-refractivity contribution in [3.63, 3.8) is 0 Å². The number of aliphatic hydroxyl groups is 1. The van der Waals surface area contributed by atoms with Gasteiger partial charge in [0, 0.05) is 28.0 Å². The fourth-order valence-corrected chi connectivity index (χ4v) is 3.49. The highest BCUT2D eigenvalue weighted by Gasteiger charge is 2.16. The summed E-state index contributed by atoms with van der Waals surface area (Å²) in [6, 6.07) is 4.00. The summed E-state index contributed by atoms with van der Waals surface area (Å²) >= 11 is 5.02. The van der Waals surface area contributed by atoms with E-state index < -0.39 is 6.10 Å².